The molecule has 10 heteroatoms. The van der Waals surface area contributed by atoms with Gasteiger partial charge in [-0.1, -0.05) is 42.5 Å². The third kappa shape index (κ3) is 7.41. The maximum Gasteiger partial charge on any atom is 0.485 e. The van der Waals surface area contributed by atoms with Crippen molar-refractivity contribution in [1.82, 2.24) is 0 Å². The Kier molecular flexibility index (Phi) is 8.07. The number of diazo groups is 1. The molecule has 0 aromatic heterocycles. The third-order valence-corrected chi connectivity index (χ3v) is 3.62. The summed E-state index contributed by atoms with van der Waals surface area (Å²) < 4.78 is 58.9. The van der Waals surface area contributed by atoms with Crippen molar-refractivity contribution in [1.29, 1.82) is 10.7 Å². The summed E-state index contributed by atoms with van der Waals surface area (Å²) in [7, 11) is -6.09. The first-order chi connectivity index (χ1) is 13.1. The fourth-order valence-electron chi connectivity index (χ4n) is 1.73. The van der Waals surface area contributed by atoms with Crippen LogP contribution >= 0.6 is 0 Å². The number of rotatable bonds is 3. The SMILES string of the molecule is N#CC(=CC=Cc1ccccc1)c1ccc([N+]#N)cc1.O=S(=O)([O-])C(F)(F)F. The Hall–Kier alpha value is -3.47. The first-order valence-corrected chi connectivity index (χ1v) is 8.80. The second-order valence-electron chi connectivity index (χ2n) is 5.01. The summed E-state index contributed by atoms with van der Waals surface area (Å²) in [6, 6.07) is 18.8. The molecule has 0 heterocycles. The smallest absolute Gasteiger partial charge is 0.485 e. The number of nitrogens with zero attached hydrogens (tertiary/aromatic N) is 3. The van der Waals surface area contributed by atoms with Gasteiger partial charge in [-0.05, 0) is 29.3 Å². The van der Waals surface area contributed by atoms with Gasteiger partial charge >= 0.3 is 11.2 Å². The van der Waals surface area contributed by atoms with E-state index in [1.165, 1.54) is 0 Å². The maximum absolute atomic E-state index is 10.7. The zero-order valence-corrected chi connectivity index (χ0v) is 14.9. The molecule has 6 nitrogen and oxygen atoms in total. The molecule has 0 bridgehead atoms. The number of hydrogen-bond acceptors (Lipinski definition) is 5. The van der Waals surface area contributed by atoms with Gasteiger partial charge in [0.1, 0.15) is 0 Å². The average Bonchev–Trinajstić information content (AvgIpc) is 2.65. The van der Waals surface area contributed by atoms with Crippen LogP contribution in [0.5, 0.6) is 0 Å². The van der Waals surface area contributed by atoms with E-state index in [9.17, 15) is 18.4 Å². The van der Waals surface area contributed by atoms with Gasteiger partial charge in [0, 0.05) is 12.1 Å². The zero-order chi connectivity index (χ0) is 21.2. The first-order valence-electron chi connectivity index (χ1n) is 7.39. The molecule has 0 aliphatic heterocycles. The van der Waals surface area contributed by atoms with Gasteiger partial charge in [-0.15, -0.1) is 0 Å². The topological polar surface area (TPSA) is 109 Å². The summed E-state index contributed by atoms with van der Waals surface area (Å²) in [4.78, 5) is 3.08. The predicted molar refractivity (Wildman–Crippen MR) is 96.0 cm³/mol. The van der Waals surface area contributed by atoms with Crippen LogP contribution in [0.4, 0.5) is 18.9 Å². The van der Waals surface area contributed by atoms with Gasteiger partial charge in [0.2, 0.25) is 5.39 Å². The number of nitriles is 1. The molecule has 0 radical (unpaired) electrons. The van der Waals surface area contributed by atoms with Crippen LogP contribution in [0.15, 0.2) is 66.7 Å². The molecule has 0 aliphatic rings. The molecule has 2 rings (SSSR count). The molecule has 0 unspecified atom stereocenters. The van der Waals surface area contributed by atoms with E-state index >= 15 is 0 Å². The first kappa shape index (κ1) is 22.6. The van der Waals surface area contributed by atoms with Crippen LogP contribution in [-0.2, 0) is 10.1 Å². The number of allylic oxidation sites excluding steroid dienone is 3. The van der Waals surface area contributed by atoms with E-state index in [-0.39, 0.29) is 0 Å². The molecule has 0 spiro atoms. The molecule has 0 saturated carbocycles. The van der Waals surface area contributed by atoms with E-state index in [0.29, 0.717) is 11.3 Å². The van der Waals surface area contributed by atoms with E-state index < -0.39 is 15.6 Å². The highest BCUT2D eigenvalue weighted by Crippen LogP contribution is 2.20. The molecule has 2 aromatic carbocycles. The number of hydrogen-bond donors (Lipinski definition) is 0. The summed E-state index contributed by atoms with van der Waals surface area (Å²) in [5.41, 5.74) is -2.76. The Bertz CT molecular complexity index is 1030. The highest BCUT2D eigenvalue weighted by atomic mass is 32.2. The van der Waals surface area contributed by atoms with E-state index in [1.54, 1.807) is 30.3 Å². The number of halogens is 3. The molecule has 0 fully saturated rings. The lowest BCUT2D eigenvalue weighted by atomic mass is 10.1. The Morgan fingerprint density at radius 2 is 1.61 bits per heavy atom. The molecule has 28 heavy (non-hydrogen) atoms. The summed E-state index contributed by atoms with van der Waals surface area (Å²) in [5.74, 6) is 0. The molecular weight excluding hydrogens is 395 g/mol. The Balaban J connectivity index is 0.000000416. The molecule has 0 atom stereocenters. The van der Waals surface area contributed by atoms with Crippen LogP contribution in [0.2, 0.25) is 0 Å². The van der Waals surface area contributed by atoms with Crippen molar-refractivity contribution in [2.45, 2.75) is 5.51 Å². The van der Waals surface area contributed by atoms with Gasteiger partial charge in [-0.3, -0.25) is 0 Å². The van der Waals surface area contributed by atoms with E-state index in [2.05, 4.69) is 11.0 Å². The van der Waals surface area contributed by atoms with Crippen LogP contribution in [0.1, 0.15) is 11.1 Å². The predicted octanol–water partition coefficient (Wildman–Crippen LogP) is 4.84. The monoisotopic (exact) mass is 407 g/mol. The standard InChI is InChI=1S/C17H12N3.CHF3O3S/c18-13-16(15-9-11-17(20-19)12-10-15)8-4-7-14-5-2-1-3-6-14;2-1(3,4)8(5,6)7/h1-12H;(H,5,6,7)/q+1;/p-1. The van der Waals surface area contributed by atoms with Crippen molar-refractivity contribution in [2.24, 2.45) is 0 Å². The molecular formula is C18H12F3N3O3S. The second-order valence-corrected chi connectivity index (χ2v) is 6.38. The molecule has 144 valence electrons. The average molecular weight is 407 g/mol. The number of benzene rings is 2. The highest BCUT2D eigenvalue weighted by Gasteiger charge is 2.36. The maximum atomic E-state index is 10.7. The minimum atomic E-state index is -6.09. The van der Waals surface area contributed by atoms with E-state index in [1.807, 2.05) is 42.5 Å². The Morgan fingerprint density at radius 1 is 1.07 bits per heavy atom. The van der Waals surface area contributed by atoms with Gasteiger partial charge in [0.25, 0.3) is 0 Å². The summed E-state index contributed by atoms with van der Waals surface area (Å²) in [6.07, 6.45) is 5.55. The van der Waals surface area contributed by atoms with Gasteiger partial charge in [-0.2, -0.15) is 18.4 Å². The molecule has 0 saturated heterocycles. The minimum Gasteiger partial charge on any atom is -0.741 e. The molecule has 0 aliphatic carbocycles. The normalized spacial score (nSPS) is 11.9. The molecule has 0 amide bonds. The van der Waals surface area contributed by atoms with Crippen LogP contribution < -0.4 is 0 Å². The van der Waals surface area contributed by atoms with Gasteiger partial charge < -0.3 is 4.55 Å². The van der Waals surface area contributed by atoms with E-state index in [4.69, 9.17) is 18.4 Å². The quantitative estimate of drug-likeness (QED) is 0.238. The van der Waals surface area contributed by atoms with Gasteiger partial charge in [-0.25, -0.2) is 8.42 Å². The second kappa shape index (κ2) is 10.0. The minimum absolute atomic E-state index is 0.464. The zero-order valence-electron chi connectivity index (χ0n) is 14.0. The Labute approximate surface area is 159 Å². The fourth-order valence-corrected chi connectivity index (χ4v) is 1.73. The van der Waals surface area contributed by atoms with Crippen molar-refractivity contribution in [3.05, 3.63) is 82.9 Å². The van der Waals surface area contributed by atoms with Crippen LogP contribution in [0.25, 0.3) is 16.6 Å². The van der Waals surface area contributed by atoms with Crippen LogP contribution in [-0.4, -0.2) is 18.5 Å². The van der Waals surface area contributed by atoms with Crippen molar-refractivity contribution < 1.29 is 26.1 Å². The third-order valence-electron chi connectivity index (χ3n) is 3.05. The van der Waals surface area contributed by atoms with Crippen molar-refractivity contribution in [3.63, 3.8) is 0 Å². The lowest BCUT2D eigenvalue weighted by Gasteiger charge is -2.08. The van der Waals surface area contributed by atoms with Gasteiger partial charge in [0.15, 0.2) is 15.1 Å². The summed E-state index contributed by atoms with van der Waals surface area (Å²) in [5, 5.41) is 17.8. The molecule has 0 N–H and O–H groups in total. The lowest BCUT2D eigenvalue weighted by Crippen LogP contribution is -2.21. The molecule has 2 aromatic rings. The van der Waals surface area contributed by atoms with Crippen molar-refractivity contribution in [2.75, 3.05) is 0 Å². The van der Waals surface area contributed by atoms with Crippen molar-refractivity contribution in [3.8, 4) is 6.07 Å². The van der Waals surface area contributed by atoms with Crippen molar-refractivity contribution >= 4 is 27.5 Å². The number of alkyl halides is 3. The summed E-state index contributed by atoms with van der Waals surface area (Å²) >= 11 is 0. The van der Waals surface area contributed by atoms with E-state index in [0.717, 1.165) is 11.1 Å². The fraction of sp³-hybridized carbons (Fsp3) is 0.0556. The van der Waals surface area contributed by atoms with Gasteiger partial charge in [0.05, 0.1) is 11.6 Å². The highest BCUT2D eigenvalue weighted by molar-refractivity contribution is 7.86. The van der Waals surface area contributed by atoms with Crippen LogP contribution in [0, 0.1) is 16.7 Å². The summed E-state index contributed by atoms with van der Waals surface area (Å²) in [6.45, 7) is 0. The Morgan fingerprint density at radius 3 is 2.04 bits per heavy atom. The largest absolute Gasteiger partial charge is 0.741 e. The lowest BCUT2D eigenvalue weighted by molar-refractivity contribution is -0.0517. The van der Waals surface area contributed by atoms with Crippen LogP contribution in [0.3, 0.4) is 0 Å².